The van der Waals surface area contributed by atoms with Crippen molar-refractivity contribution < 1.29 is 29.0 Å². The van der Waals surface area contributed by atoms with Gasteiger partial charge in [-0.15, -0.1) is 0 Å². The van der Waals surface area contributed by atoms with Crippen LogP contribution >= 0.6 is 22.6 Å². The van der Waals surface area contributed by atoms with E-state index < -0.39 is 17.8 Å². The van der Waals surface area contributed by atoms with Gasteiger partial charge < -0.3 is 9.84 Å². The quantitative estimate of drug-likeness (QED) is 0.213. The Morgan fingerprint density at radius 2 is 1.77 bits per heavy atom. The summed E-state index contributed by atoms with van der Waals surface area (Å²) in [6, 6.07) is 12.2. The average molecular weight is 647 g/mol. The van der Waals surface area contributed by atoms with Crippen molar-refractivity contribution in [3.05, 3.63) is 92.1 Å². The zero-order valence-corrected chi connectivity index (χ0v) is 24.0. The normalized spacial score (nSPS) is 26.0. The van der Waals surface area contributed by atoms with Crippen LogP contribution in [0.25, 0.3) is 6.08 Å². The van der Waals surface area contributed by atoms with Crippen LogP contribution < -0.4 is 9.64 Å². The molecule has 1 aliphatic heterocycles. The molecule has 40 heavy (non-hydrogen) atoms. The van der Waals surface area contributed by atoms with E-state index >= 15 is 0 Å². The van der Waals surface area contributed by atoms with Gasteiger partial charge in [0, 0.05) is 26.2 Å². The Kier molecular flexibility index (Phi) is 6.60. The largest absolute Gasteiger partial charge is 0.504 e. The minimum atomic E-state index is -0.611. The standard InChI is InChI=1S/C32H26INO6/c1-16-13-26(36)28-21(9-3-17-4-12-25(35)27(14-17)40-2)20-10-11-22-29(23(20)15-24(28)30(16)37)32(39)34(31(22)38)19-7-5-18(33)6-8-19/h3-10,12-14,21-23,29,35H,11,15H2,1-2H3/t21-,22-,23+,29-/m0/s1. The topological polar surface area (TPSA) is 101 Å². The minimum absolute atomic E-state index is 0.0131. The molecule has 3 aliphatic carbocycles. The van der Waals surface area contributed by atoms with Crippen molar-refractivity contribution in [2.75, 3.05) is 12.0 Å². The van der Waals surface area contributed by atoms with Crippen molar-refractivity contribution >= 4 is 57.7 Å². The smallest absolute Gasteiger partial charge is 0.238 e. The fourth-order valence-electron chi connectivity index (χ4n) is 6.51. The number of nitrogens with zero attached hydrogens (tertiary/aromatic N) is 1. The van der Waals surface area contributed by atoms with Gasteiger partial charge in [0.05, 0.1) is 24.6 Å². The number of methoxy groups -OCH3 is 1. The molecule has 4 atom stereocenters. The second kappa shape index (κ2) is 9.99. The van der Waals surface area contributed by atoms with Crippen LogP contribution in [0.4, 0.5) is 5.69 Å². The van der Waals surface area contributed by atoms with Gasteiger partial charge in [0.2, 0.25) is 11.8 Å². The predicted molar refractivity (Wildman–Crippen MR) is 157 cm³/mol. The van der Waals surface area contributed by atoms with Crippen molar-refractivity contribution in [2.45, 2.75) is 19.8 Å². The van der Waals surface area contributed by atoms with E-state index in [1.54, 1.807) is 31.2 Å². The van der Waals surface area contributed by atoms with Crippen molar-refractivity contribution in [1.82, 2.24) is 0 Å². The zero-order valence-electron chi connectivity index (χ0n) is 21.9. The van der Waals surface area contributed by atoms with Crippen LogP contribution in [0, 0.1) is 27.2 Å². The molecule has 2 amide bonds. The highest BCUT2D eigenvalue weighted by Gasteiger charge is 2.56. The van der Waals surface area contributed by atoms with E-state index in [-0.39, 0.29) is 41.5 Å². The van der Waals surface area contributed by atoms with Gasteiger partial charge in [-0.05, 0) is 96.3 Å². The molecule has 1 N–H and O–H groups in total. The molecule has 2 aromatic rings. The number of fused-ring (bicyclic) bond motifs is 3. The molecule has 0 aromatic heterocycles. The van der Waals surface area contributed by atoms with E-state index in [0.29, 0.717) is 34.6 Å². The third kappa shape index (κ3) is 4.16. The highest BCUT2D eigenvalue weighted by atomic mass is 127. The summed E-state index contributed by atoms with van der Waals surface area (Å²) in [5.41, 5.74) is 3.42. The highest BCUT2D eigenvalue weighted by molar-refractivity contribution is 14.1. The van der Waals surface area contributed by atoms with Gasteiger partial charge in [-0.25, -0.2) is 0 Å². The third-order valence-electron chi connectivity index (χ3n) is 8.38. The monoisotopic (exact) mass is 647 g/mol. The molecule has 0 bridgehead atoms. The van der Waals surface area contributed by atoms with E-state index in [1.165, 1.54) is 24.2 Å². The summed E-state index contributed by atoms with van der Waals surface area (Å²) in [6.07, 6.45) is 7.72. The molecule has 1 saturated heterocycles. The number of allylic oxidation sites excluding steroid dienone is 7. The summed E-state index contributed by atoms with van der Waals surface area (Å²) >= 11 is 2.18. The molecular weight excluding hydrogens is 621 g/mol. The van der Waals surface area contributed by atoms with Gasteiger partial charge in [0.15, 0.2) is 23.1 Å². The highest BCUT2D eigenvalue weighted by Crippen LogP contribution is 2.53. The fourth-order valence-corrected chi connectivity index (χ4v) is 6.87. The van der Waals surface area contributed by atoms with Crippen molar-refractivity contribution in [1.29, 1.82) is 0 Å². The second-order valence-electron chi connectivity index (χ2n) is 10.6. The van der Waals surface area contributed by atoms with Crippen molar-refractivity contribution in [3.63, 3.8) is 0 Å². The SMILES string of the molecule is COc1cc(C=C[C@H]2C3=CC[C@@H]4C(=O)N(c5ccc(I)cc5)C(=O)[C@@H]4[C@@H]3CC3=C2C(=O)C=C(C)C3=O)ccc1O. The fraction of sp³-hybridized carbons (Fsp3) is 0.250. The number of Topliss-reactive ketones (excluding diaryl/α,β-unsaturated/α-hetero) is 1. The van der Waals surface area contributed by atoms with E-state index in [9.17, 15) is 24.3 Å². The summed E-state index contributed by atoms with van der Waals surface area (Å²) in [5.74, 6) is -2.58. The molecule has 8 heteroatoms. The number of benzene rings is 2. The lowest BCUT2D eigenvalue weighted by molar-refractivity contribution is -0.123. The number of anilines is 1. The van der Waals surface area contributed by atoms with E-state index in [4.69, 9.17) is 4.74 Å². The van der Waals surface area contributed by atoms with Crippen LogP contribution in [0.15, 0.2) is 83.0 Å². The second-order valence-corrected chi connectivity index (χ2v) is 11.8. The van der Waals surface area contributed by atoms with Gasteiger partial charge in [-0.3, -0.25) is 24.1 Å². The number of carbonyl (C=O) groups excluding carboxylic acids is 4. The number of rotatable bonds is 4. The number of phenolic OH excluding ortho intramolecular Hbond substituents is 1. The molecule has 0 radical (unpaired) electrons. The molecule has 0 saturated carbocycles. The average Bonchev–Trinajstić information content (AvgIpc) is 3.20. The number of phenols is 1. The van der Waals surface area contributed by atoms with Gasteiger partial charge in [0.25, 0.3) is 0 Å². The number of imide groups is 1. The van der Waals surface area contributed by atoms with E-state index in [0.717, 1.165) is 14.7 Å². The number of aromatic hydroxyl groups is 1. The molecule has 2 aromatic carbocycles. The lowest BCUT2D eigenvalue weighted by Gasteiger charge is -2.41. The van der Waals surface area contributed by atoms with Gasteiger partial charge in [-0.1, -0.05) is 29.9 Å². The molecule has 7 nitrogen and oxygen atoms in total. The van der Waals surface area contributed by atoms with Crippen LogP contribution in [-0.2, 0) is 19.2 Å². The Bertz CT molecular complexity index is 1610. The predicted octanol–water partition coefficient (Wildman–Crippen LogP) is 5.19. The Labute approximate surface area is 245 Å². The Morgan fingerprint density at radius 1 is 1.02 bits per heavy atom. The van der Waals surface area contributed by atoms with Crippen molar-refractivity contribution in [3.8, 4) is 11.5 Å². The zero-order chi connectivity index (χ0) is 28.3. The van der Waals surface area contributed by atoms with Gasteiger partial charge in [0.1, 0.15) is 0 Å². The molecule has 0 spiro atoms. The molecule has 1 heterocycles. The Hall–Kier alpha value is -3.79. The minimum Gasteiger partial charge on any atom is -0.504 e. The Morgan fingerprint density at radius 3 is 2.50 bits per heavy atom. The number of hydrogen-bond acceptors (Lipinski definition) is 6. The third-order valence-corrected chi connectivity index (χ3v) is 9.10. The molecule has 6 rings (SSSR count). The summed E-state index contributed by atoms with van der Waals surface area (Å²) in [5, 5.41) is 9.98. The van der Waals surface area contributed by atoms with Crippen molar-refractivity contribution in [2.24, 2.45) is 23.7 Å². The van der Waals surface area contributed by atoms with Crippen LogP contribution in [0.2, 0.25) is 0 Å². The maximum Gasteiger partial charge on any atom is 0.238 e. The number of ketones is 2. The maximum atomic E-state index is 13.9. The maximum absolute atomic E-state index is 13.9. The van der Waals surface area contributed by atoms with Crippen LogP contribution in [-0.4, -0.2) is 35.6 Å². The first-order valence-corrected chi connectivity index (χ1v) is 14.2. The molecule has 202 valence electrons. The summed E-state index contributed by atoms with van der Waals surface area (Å²) in [7, 11) is 1.47. The molecule has 1 fully saturated rings. The number of amides is 2. The first kappa shape index (κ1) is 26.4. The number of halogens is 1. The number of ether oxygens (including phenoxy) is 1. The van der Waals surface area contributed by atoms with Crippen LogP contribution in [0.5, 0.6) is 11.5 Å². The van der Waals surface area contributed by atoms with Crippen LogP contribution in [0.1, 0.15) is 25.3 Å². The Balaban J connectivity index is 1.42. The molecule has 0 unspecified atom stereocenters. The van der Waals surface area contributed by atoms with E-state index in [2.05, 4.69) is 22.6 Å². The lowest BCUT2D eigenvalue weighted by atomic mass is 9.60. The first-order valence-electron chi connectivity index (χ1n) is 13.1. The molecular formula is C32H26INO6. The van der Waals surface area contributed by atoms with E-state index in [1.807, 2.05) is 30.4 Å². The molecule has 4 aliphatic rings. The number of carbonyl (C=O) groups is 4. The summed E-state index contributed by atoms with van der Waals surface area (Å²) < 4.78 is 6.23. The van der Waals surface area contributed by atoms with Gasteiger partial charge >= 0.3 is 0 Å². The summed E-state index contributed by atoms with van der Waals surface area (Å²) in [4.78, 5) is 55.4. The first-order chi connectivity index (χ1) is 19.2. The van der Waals surface area contributed by atoms with Gasteiger partial charge in [-0.2, -0.15) is 0 Å². The summed E-state index contributed by atoms with van der Waals surface area (Å²) in [6.45, 7) is 1.63. The lowest BCUT2D eigenvalue weighted by Crippen LogP contribution is -2.40. The number of hydrogen-bond donors (Lipinski definition) is 1. The van der Waals surface area contributed by atoms with Crippen LogP contribution in [0.3, 0.4) is 0 Å².